The second-order valence-corrected chi connectivity index (χ2v) is 4.89. The van der Waals surface area contributed by atoms with Gasteiger partial charge in [-0.3, -0.25) is 4.90 Å². The lowest BCUT2D eigenvalue weighted by atomic mass is 10.0. The Morgan fingerprint density at radius 2 is 2.11 bits per heavy atom. The second-order valence-electron chi connectivity index (χ2n) is 4.89. The lowest BCUT2D eigenvalue weighted by Crippen LogP contribution is -2.39. The molecule has 0 unspecified atom stereocenters. The Bertz CT molecular complexity index is 429. The summed E-state index contributed by atoms with van der Waals surface area (Å²) in [6, 6.07) is 5.32. The molecule has 5 nitrogen and oxygen atoms in total. The molecule has 5 heteroatoms. The third-order valence-electron chi connectivity index (χ3n) is 3.54. The van der Waals surface area contributed by atoms with E-state index in [1.54, 1.807) is 18.2 Å². The number of hydrogen-bond acceptors (Lipinski definition) is 5. The van der Waals surface area contributed by atoms with Crippen LogP contribution < -0.4 is 5.32 Å². The molecule has 1 aliphatic rings. The van der Waals surface area contributed by atoms with E-state index in [9.17, 15) is 15.0 Å². The molecule has 0 atom stereocenters. The summed E-state index contributed by atoms with van der Waals surface area (Å²) in [5.41, 5.74) is 1.57. The molecule has 0 saturated carbocycles. The zero-order chi connectivity index (χ0) is 13.7. The number of aldehydes is 1. The highest BCUT2D eigenvalue weighted by Crippen LogP contribution is 2.24. The van der Waals surface area contributed by atoms with Crippen LogP contribution in [0.1, 0.15) is 18.4 Å². The highest BCUT2D eigenvalue weighted by atomic mass is 16.3. The van der Waals surface area contributed by atoms with Crippen molar-refractivity contribution in [3.05, 3.63) is 23.8 Å². The minimum absolute atomic E-state index is 0.0965. The summed E-state index contributed by atoms with van der Waals surface area (Å²) in [7, 11) is 0. The number of phenols is 1. The van der Waals surface area contributed by atoms with Crippen LogP contribution in [0.4, 0.5) is 5.69 Å². The number of phenolic OH excluding ortho intramolecular Hbond substituents is 1. The van der Waals surface area contributed by atoms with Crippen molar-refractivity contribution in [3.8, 4) is 5.75 Å². The molecule has 104 valence electrons. The number of aliphatic hydroxyl groups excluding tert-OH is 1. The van der Waals surface area contributed by atoms with Crippen LogP contribution in [-0.2, 0) is 11.4 Å². The number of aromatic hydroxyl groups is 1. The molecule has 0 aromatic heterocycles. The first-order valence-corrected chi connectivity index (χ1v) is 6.58. The third kappa shape index (κ3) is 3.68. The quantitative estimate of drug-likeness (QED) is 0.546. The molecule has 1 fully saturated rings. The van der Waals surface area contributed by atoms with E-state index in [-0.39, 0.29) is 12.4 Å². The van der Waals surface area contributed by atoms with Crippen LogP contribution in [0.3, 0.4) is 0 Å². The first-order valence-electron chi connectivity index (χ1n) is 6.58. The summed E-state index contributed by atoms with van der Waals surface area (Å²) in [4.78, 5) is 12.6. The van der Waals surface area contributed by atoms with Gasteiger partial charge in [-0.25, -0.2) is 0 Å². The smallest absolute Gasteiger partial charge is 0.133 e. The number of likely N-dealkylation sites (tertiary alicyclic amines) is 1. The molecule has 19 heavy (non-hydrogen) atoms. The fourth-order valence-corrected chi connectivity index (χ4v) is 2.44. The Morgan fingerprint density at radius 3 is 2.74 bits per heavy atom. The molecule has 2 rings (SSSR count). The lowest BCUT2D eigenvalue weighted by molar-refractivity contribution is -0.109. The zero-order valence-corrected chi connectivity index (χ0v) is 10.9. The number of nitrogens with one attached hydrogen (secondary N) is 1. The van der Waals surface area contributed by atoms with Gasteiger partial charge in [0.2, 0.25) is 0 Å². The number of benzene rings is 1. The van der Waals surface area contributed by atoms with E-state index in [0.29, 0.717) is 18.2 Å². The Hall–Kier alpha value is -1.59. The van der Waals surface area contributed by atoms with Crippen LogP contribution in [-0.4, -0.2) is 47.1 Å². The van der Waals surface area contributed by atoms with Gasteiger partial charge in [0.15, 0.2) is 0 Å². The standard InChI is InChI=1S/C14H20N2O3/c17-8-7-16-5-3-12(4-6-16)15-14-2-1-13(19)9-11(14)10-18/h1-2,8-9,12,15,18-19H,3-7,10H2. The van der Waals surface area contributed by atoms with Gasteiger partial charge in [-0.15, -0.1) is 0 Å². The summed E-state index contributed by atoms with van der Waals surface area (Å²) in [6.07, 6.45) is 2.89. The van der Waals surface area contributed by atoms with E-state index in [1.807, 2.05) is 0 Å². The van der Waals surface area contributed by atoms with Crippen molar-refractivity contribution in [1.82, 2.24) is 4.90 Å². The molecule has 0 aliphatic carbocycles. The largest absolute Gasteiger partial charge is 0.508 e. The van der Waals surface area contributed by atoms with E-state index >= 15 is 0 Å². The highest BCUT2D eigenvalue weighted by molar-refractivity contribution is 5.54. The molecular weight excluding hydrogens is 244 g/mol. The molecule has 1 heterocycles. The van der Waals surface area contributed by atoms with E-state index < -0.39 is 0 Å². The normalized spacial score (nSPS) is 17.3. The molecule has 1 aromatic carbocycles. The zero-order valence-electron chi connectivity index (χ0n) is 10.9. The fraction of sp³-hybridized carbons (Fsp3) is 0.500. The number of carbonyl (C=O) groups is 1. The number of anilines is 1. The van der Waals surface area contributed by atoms with Gasteiger partial charge in [0.05, 0.1) is 13.2 Å². The number of piperidine rings is 1. The van der Waals surface area contributed by atoms with Crippen molar-refractivity contribution in [2.24, 2.45) is 0 Å². The van der Waals surface area contributed by atoms with Crippen molar-refractivity contribution in [2.75, 3.05) is 25.0 Å². The van der Waals surface area contributed by atoms with E-state index in [1.165, 1.54) is 0 Å². The van der Waals surface area contributed by atoms with E-state index in [2.05, 4.69) is 10.2 Å². The van der Waals surface area contributed by atoms with E-state index in [4.69, 9.17) is 0 Å². The predicted molar refractivity (Wildman–Crippen MR) is 73.2 cm³/mol. The van der Waals surface area contributed by atoms with Crippen molar-refractivity contribution < 1.29 is 15.0 Å². The summed E-state index contributed by atoms with van der Waals surface area (Å²) in [6.45, 7) is 2.22. The Morgan fingerprint density at radius 1 is 1.37 bits per heavy atom. The Labute approximate surface area is 112 Å². The highest BCUT2D eigenvalue weighted by Gasteiger charge is 2.19. The first kappa shape index (κ1) is 13.8. The number of hydrogen-bond donors (Lipinski definition) is 3. The molecule has 0 spiro atoms. The topological polar surface area (TPSA) is 72.8 Å². The minimum atomic E-state index is -0.0965. The van der Waals surface area contributed by atoms with Gasteiger partial charge >= 0.3 is 0 Å². The van der Waals surface area contributed by atoms with Gasteiger partial charge in [-0.05, 0) is 31.0 Å². The Balaban J connectivity index is 1.93. The Kier molecular flexibility index (Phi) is 4.76. The number of rotatable bonds is 5. The summed E-state index contributed by atoms with van der Waals surface area (Å²) >= 11 is 0. The van der Waals surface area contributed by atoms with Gasteiger partial charge < -0.3 is 20.3 Å². The van der Waals surface area contributed by atoms with Gasteiger partial charge in [0, 0.05) is 30.4 Å². The number of aliphatic hydroxyl groups is 1. The SMILES string of the molecule is O=CCN1CCC(Nc2ccc(O)cc2CO)CC1. The van der Waals surface area contributed by atoms with E-state index in [0.717, 1.165) is 37.9 Å². The maximum absolute atomic E-state index is 10.5. The molecule has 1 aromatic rings. The molecule has 1 aliphatic heterocycles. The maximum atomic E-state index is 10.5. The first-order chi connectivity index (χ1) is 9.22. The molecule has 1 saturated heterocycles. The van der Waals surface area contributed by atoms with Crippen LogP contribution in [0, 0.1) is 0 Å². The summed E-state index contributed by atoms with van der Waals surface area (Å²) < 4.78 is 0. The van der Waals surface area contributed by atoms with Gasteiger partial charge in [-0.1, -0.05) is 0 Å². The summed E-state index contributed by atoms with van der Waals surface area (Å²) in [5.74, 6) is 0.162. The second kappa shape index (κ2) is 6.54. The van der Waals surface area contributed by atoms with Crippen molar-refractivity contribution in [3.63, 3.8) is 0 Å². The summed E-state index contributed by atoms with van der Waals surface area (Å²) in [5, 5.41) is 22.1. The van der Waals surface area contributed by atoms with Gasteiger partial charge in [0.25, 0.3) is 0 Å². The van der Waals surface area contributed by atoms with Crippen molar-refractivity contribution >= 4 is 12.0 Å². The maximum Gasteiger partial charge on any atom is 0.133 e. The minimum Gasteiger partial charge on any atom is -0.508 e. The van der Waals surface area contributed by atoms with Crippen LogP contribution in [0.5, 0.6) is 5.75 Å². The molecule has 3 N–H and O–H groups in total. The van der Waals surface area contributed by atoms with Crippen LogP contribution in [0.15, 0.2) is 18.2 Å². The lowest BCUT2D eigenvalue weighted by Gasteiger charge is -2.32. The average molecular weight is 264 g/mol. The third-order valence-corrected chi connectivity index (χ3v) is 3.54. The van der Waals surface area contributed by atoms with Crippen LogP contribution in [0.2, 0.25) is 0 Å². The molecule has 0 amide bonds. The van der Waals surface area contributed by atoms with Crippen molar-refractivity contribution in [1.29, 1.82) is 0 Å². The molecule has 0 radical (unpaired) electrons. The van der Waals surface area contributed by atoms with Crippen LogP contribution >= 0.6 is 0 Å². The van der Waals surface area contributed by atoms with Gasteiger partial charge in [0.1, 0.15) is 12.0 Å². The monoisotopic (exact) mass is 264 g/mol. The van der Waals surface area contributed by atoms with Gasteiger partial charge in [-0.2, -0.15) is 0 Å². The molecular formula is C14H20N2O3. The fourth-order valence-electron chi connectivity index (χ4n) is 2.44. The number of carbonyl (C=O) groups excluding carboxylic acids is 1. The predicted octanol–water partition coefficient (Wildman–Crippen LogP) is 0.960. The molecule has 0 bridgehead atoms. The van der Waals surface area contributed by atoms with Crippen LogP contribution in [0.25, 0.3) is 0 Å². The number of nitrogens with zero attached hydrogens (tertiary/aromatic N) is 1. The van der Waals surface area contributed by atoms with Crippen molar-refractivity contribution in [2.45, 2.75) is 25.5 Å². The average Bonchev–Trinajstić information content (AvgIpc) is 2.43.